The van der Waals surface area contributed by atoms with Gasteiger partial charge in [-0.15, -0.1) is 0 Å². The summed E-state index contributed by atoms with van der Waals surface area (Å²) in [5.41, 5.74) is 1.96. The first-order valence-electron chi connectivity index (χ1n) is 10.4. The van der Waals surface area contributed by atoms with Gasteiger partial charge < -0.3 is 15.0 Å². The number of carbonyl (C=O) groups is 2. The highest BCUT2D eigenvalue weighted by Crippen LogP contribution is 2.14. The number of ketones is 1. The first-order valence-corrected chi connectivity index (χ1v) is 10.4. The highest BCUT2D eigenvalue weighted by Gasteiger charge is 2.21. The maximum absolute atomic E-state index is 12.3. The lowest BCUT2D eigenvalue weighted by Crippen LogP contribution is -2.48. The highest BCUT2D eigenvalue weighted by atomic mass is 16.5. The molecule has 2 aromatic rings. The molecule has 0 unspecified atom stereocenters. The van der Waals surface area contributed by atoms with Gasteiger partial charge in [-0.05, 0) is 55.6 Å². The molecule has 0 saturated carbocycles. The van der Waals surface area contributed by atoms with Crippen molar-refractivity contribution in [2.75, 3.05) is 26.7 Å². The standard InChI is InChI=1S/C24H30N2O3/c1-29-22-11-9-20(10-12-22)23(27)13-14-24(28)25-21-8-5-16-26(18-21)17-15-19-6-3-2-4-7-19/h2-4,6-7,9-12,21H,5,8,13-18H2,1H3,(H,25,28)/t21-/m1/s1. The van der Waals surface area contributed by atoms with Crippen LogP contribution in [-0.4, -0.2) is 49.4 Å². The largest absolute Gasteiger partial charge is 0.497 e. The van der Waals surface area contributed by atoms with Gasteiger partial charge in [-0.3, -0.25) is 9.59 Å². The van der Waals surface area contributed by atoms with Crippen molar-refractivity contribution in [1.29, 1.82) is 0 Å². The van der Waals surface area contributed by atoms with Crippen molar-refractivity contribution in [3.05, 3.63) is 65.7 Å². The predicted molar refractivity (Wildman–Crippen MR) is 114 cm³/mol. The summed E-state index contributed by atoms with van der Waals surface area (Å²) in [6.07, 6.45) is 3.57. The molecule has 1 amide bonds. The highest BCUT2D eigenvalue weighted by molar-refractivity contribution is 5.98. The SMILES string of the molecule is COc1ccc(C(=O)CCC(=O)N[C@@H]2CCCN(CCc3ccccc3)C2)cc1. The molecule has 0 aromatic heterocycles. The van der Waals surface area contributed by atoms with Crippen LogP contribution < -0.4 is 10.1 Å². The van der Waals surface area contributed by atoms with Crippen molar-refractivity contribution in [1.82, 2.24) is 10.2 Å². The zero-order valence-corrected chi connectivity index (χ0v) is 17.1. The Kier molecular flexibility index (Phi) is 7.82. The lowest BCUT2D eigenvalue weighted by atomic mass is 10.0. The lowest BCUT2D eigenvalue weighted by Gasteiger charge is -2.33. The molecular formula is C24H30N2O3. The third-order valence-corrected chi connectivity index (χ3v) is 5.42. The van der Waals surface area contributed by atoms with Crippen LogP contribution in [0.2, 0.25) is 0 Å². The van der Waals surface area contributed by atoms with Gasteiger partial charge in [0, 0.05) is 37.5 Å². The zero-order chi connectivity index (χ0) is 20.5. The van der Waals surface area contributed by atoms with Crippen LogP contribution in [0.15, 0.2) is 54.6 Å². The topological polar surface area (TPSA) is 58.6 Å². The van der Waals surface area contributed by atoms with E-state index in [0.717, 1.165) is 38.9 Å². The lowest BCUT2D eigenvalue weighted by molar-refractivity contribution is -0.122. The molecule has 5 heteroatoms. The molecule has 1 heterocycles. The van der Waals surface area contributed by atoms with Gasteiger partial charge in [-0.2, -0.15) is 0 Å². The number of benzene rings is 2. The third-order valence-electron chi connectivity index (χ3n) is 5.42. The molecule has 3 rings (SSSR count). The van der Waals surface area contributed by atoms with Crippen LogP contribution in [0.4, 0.5) is 0 Å². The van der Waals surface area contributed by atoms with Gasteiger partial charge in [0.2, 0.25) is 5.91 Å². The molecule has 0 bridgehead atoms. The number of Topliss-reactive ketones (excluding diaryl/α,β-unsaturated/α-hetero) is 1. The molecular weight excluding hydrogens is 364 g/mol. The summed E-state index contributed by atoms with van der Waals surface area (Å²) in [6.45, 7) is 2.96. The van der Waals surface area contributed by atoms with Crippen LogP contribution in [0.5, 0.6) is 5.75 Å². The summed E-state index contributed by atoms with van der Waals surface area (Å²) >= 11 is 0. The minimum Gasteiger partial charge on any atom is -0.497 e. The Morgan fingerprint density at radius 3 is 2.55 bits per heavy atom. The summed E-state index contributed by atoms with van der Waals surface area (Å²) in [5, 5.41) is 3.12. The number of piperidine rings is 1. The molecule has 0 radical (unpaired) electrons. The van der Waals surface area contributed by atoms with E-state index < -0.39 is 0 Å². The summed E-state index contributed by atoms with van der Waals surface area (Å²) < 4.78 is 5.10. The number of hydrogen-bond donors (Lipinski definition) is 1. The normalized spacial score (nSPS) is 16.9. The van der Waals surface area contributed by atoms with Gasteiger partial charge in [-0.25, -0.2) is 0 Å². The number of nitrogens with one attached hydrogen (secondary N) is 1. The predicted octanol–water partition coefficient (Wildman–Crippen LogP) is 3.48. The van der Waals surface area contributed by atoms with Crippen LogP contribution in [0.1, 0.15) is 41.6 Å². The number of hydrogen-bond acceptors (Lipinski definition) is 4. The maximum Gasteiger partial charge on any atom is 0.220 e. The smallest absolute Gasteiger partial charge is 0.220 e. The number of likely N-dealkylation sites (tertiary alicyclic amines) is 1. The fourth-order valence-corrected chi connectivity index (χ4v) is 3.76. The van der Waals surface area contributed by atoms with E-state index in [1.165, 1.54) is 5.56 Å². The summed E-state index contributed by atoms with van der Waals surface area (Å²) in [6, 6.07) is 17.7. The Labute approximate surface area is 173 Å². The van der Waals surface area contributed by atoms with Crippen LogP contribution in [-0.2, 0) is 11.2 Å². The number of rotatable bonds is 9. The number of methoxy groups -OCH3 is 1. The van der Waals surface area contributed by atoms with E-state index in [2.05, 4.69) is 34.5 Å². The second kappa shape index (κ2) is 10.8. The van der Waals surface area contributed by atoms with Crippen molar-refractivity contribution in [2.45, 2.75) is 38.1 Å². The van der Waals surface area contributed by atoms with Gasteiger partial charge >= 0.3 is 0 Å². The Bertz CT molecular complexity index is 790. The van der Waals surface area contributed by atoms with Crippen LogP contribution in [0.25, 0.3) is 0 Å². The molecule has 1 aliphatic heterocycles. The fourth-order valence-electron chi connectivity index (χ4n) is 3.76. The number of ether oxygens (including phenoxy) is 1. The van der Waals surface area contributed by atoms with E-state index >= 15 is 0 Å². The van der Waals surface area contributed by atoms with Crippen molar-refractivity contribution in [3.8, 4) is 5.75 Å². The van der Waals surface area contributed by atoms with Crippen molar-refractivity contribution < 1.29 is 14.3 Å². The second-order valence-corrected chi connectivity index (χ2v) is 7.59. The first kappa shape index (κ1) is 21.1. The van der Waals surface area contributed by atoms with E-state index in [1.54, 1.807) is 31.4 Å². The molecule has 154 valence electrons. The molecule has 1 atom stereocenters. The summed E-state index contributed by atoms with van der Waals surface area (Å²) in [5.74, 6) is 0.658. The Morgan fingerprint density at radius 1 is 1.07 bits per heavy atom. The molecule has 1 saturated heterocycles. The second-order valence-electron chi connectivity index (χ2n) is 7.59. The molecule has 1 N–H and O–H groups in total. The average Bonchev–Trinajstić information content (AvgIpc) is 2.77. The quantitative estimate of drug-likeness (QED) is 0.662. The van der Waals surface area contributed by atoms with Crippen molar-refractivity contribution in [2.24, 2.45) is 0 Å². The van der Waals surface area contributed by atoms with Crippen molar-refractivity contribution in [3.63, 3.8) is 0 Å². The monoisotopic (exact) mass is 394 g/mol. The van der Waals surface area contributed by atoms with Crippen LogP contribution in [0, 0.1) is 0 Å². The molecule has 29 heavy (non-hydrogen) atoms. The van der Waals surface area contributed by atoms with Crippen LogP contribution in [0.3, 0.4) is 0 Å². The number of carbonyl (C=O) groups excluding carboxylic acids is 2. The maximum atomic E-state index is 12.3. The molecule has 0 spiro atoms. The van der Waals surface area contributed by atoms with E-state index in [9.17, 15) is 9.59 Å². The average molecular weight is 395 g/mol. The summed E-state index contributed by atoms with van der Waals surface area (Å²) in [7, 11) is 1.59. The molecule has 0 aliphatic carbocycles. The number of nitrogens with zero attached hydrogens (tertiary/aromatic N) is 1. The molecule has 2 aromatic carbocycles. The molecule has 5 nitrogen and oxygen atoms in total. The Hall–Kier alpha value is -2.66. The van der Waals surface area contributed by atoms with Gasteiger partial charge in [0.15, 0.2) is 5.78 Å². The fraction of sp³-hybridized carbons (Fsp3) is 0.417. The van der Waals surface area contributed by atoms with Crippen LogP contribution >= 0.6 is 0 Å². The van der Waals surface area contributed by atoms with Crippen molar-refractivity contribution >= 4 is 11.7 Å². The molecule has 1 fully saturated rings. The van der Waals surface area contributed by atoms with Gasteiger partial charge in [-0.1, -0.05) is 30.3 Å². The number of amides is 1. The minimum atomic E-state index is -0.0400. The van der Waals surface area contributed by atoms with E-state index in [4.69, 9.17) is 4.74 Å². The van der Waals surface area contributed by atoms with Gasteiger partial charge in [0.1, 0.15) is 5.75 Å². The zero-order valence-electron chi connectivity index (χ0n) is 17.1. The minimum absolute atomic E-state index is 0.0177. The van der Waals surface area contributed by atoms with E-state index in [-0.39, 0.29) is 30.6 Å². The van der Waals surface area contributed by atoms with E-state index in [0.29, 0.717) is 11.3 Å². The first-order chi connectivity index (χ1) is 14.1. The van der Waals surface area contributed by atoms with E-state index in [1.807, 2.05) is 6.07 Å². The van der Waals surface area contributed by atoms with Gasteiger partial charge in [0.05, 0.1) is 7.11 Å². The molecule has 1 aliphatic rings. The third kappa shape index (κ3) is 6.71. The Balaban J connectivity index is 1.39. The Morgan fingerprint density at radius 2 is 1.83 bits per heavy atom. The van der Waals surface area contributed by atoms with Gasteiger partial charge in [0.25, 0.3) is 0 Å². The summed E-state index contributed by atoms with van der Waals surface area (Å²) in [4.78, 5) is 27.0.